The first-order chi connectivity index (χ1) is 5.34. The summed E-state index contributed by atoms with van der Waals surface area (Å²) in [4.78, 5) is 0.797. The molecule has 0 amide bonds. The summed E-state index contributed by atoms with van der Waals surface area (Å²) in [6.45, 7) is 1.81. The Hall–Kier alpha value is -0.293. The standard InChI is InChI=1S/C9H9OS.Li/c1-2-8-11(10)9-6-4-3-5-7-9;/h2-7H,1H3;/q-1;+1. The summed E-state index contributed by atoms with van der Waals surface area (Å²) < 4.78 is 11.2. The Balaban J connectivity index is 0.00000121. The van der Waals surface area contributed by atoms with Crippen molar-refractivity contribution in [3.63, 3.8) is 0 Å². The molecule has 0 fully saturated rings. The summed E-state index contributed by atoms with van der Waals surface area (Å²) in [5, 5.41) is 2.71. The van der Waals surface area contributed by atoms with Crippen LogP contribution in [-0.4, -0.2) is 4.21 Å². The van der Waals surface area contributed by atoms with Gasteiger partial charge < -0.3 is 5.41 Å². The zero-order chi connectivity index (χ0) is 8.10. The van der Waals surface area contributed by atoms with E-state index < -0.39 is 10.8 Å². The molecule has 0 aliphatic rings. The van der Waals surface area contributed by atoms with E-state index in [1.807, 2.05) is 30.3 Å². The largest absolute Gasteiger partial charge is 1.00 e. The minimum atomic E-state index is -1.09. The maximum absolute atomic E-state index is 11.2. The average Bonchev–Trinajstić information content (AvgIpc) is 2.07. The van der Waals surface area contributed by atoms with E-state index in [0.717, 1.165) is 4.90 Å². The second-order valence-corrected chi connectivity index (χ2v) is 3.23. The summed E-state index contributed by atoms with van der Waals surface area (Å²) in [5.41, 5.74) is 0. The fourth-order valence-electron chi connectivity index (χ4n) is 0.719. The minimum Gasteiger partial charge on any atom is -0.396 e. The molecule has 0 bridgehead atoms. The van der Waals surface area contributed by atoms with Gasteiger partial charge in [-0.25, -0.2) is 0 Å². The molecule has 3 heteroatoms. The molecule has 1 rings (SSSR count). The normalized spacial score (nSPS) is 12.4. The van der Waals surface area contributed by atoms with Crippen LogP contribution < -0.4 is 18.9 Å². The Morgan fingerprint density at radius 2 is 1.92 bits per heavy atom. The van der Waals surface area contributed by atoms with Crippen molar-refractivity contribution in [3.8, 4) is 0 Å². The van der Waals surface area contributed by atoms with E-state index in [2.05, 4.69) is 5.41 Å². The van der Waals surface area contributed by atoms with Gasteiger partial charge in [0.15, 0.2) is 0 Å². The van der Waals surface area contributed by atoms with Gasteiger partial charge in [-0.05, 0) is 12.1 Å². The zero-order valence-electron chi connectivity index (χ0n) is 7.28. The van der Waals surface area contributed by atoms with Gasteiger partial charge in [0.25, 0.3) is 0 Å². The van der Waals surface area contributed by atoms with Crippen LogP contribution in [0.15, 0.2) is 41.3 Å². The third-order valence-electron chi connectivity index (χ3n) is 1.18. The Labute approximate surface area is 87.5 Å². The molecule has 0 heterocycles. The minimum absolute atomic E-state index is 0. The first kappa shape index (κ1) is 11.7. The first-order valence-corrected chi connectivity index (χ1v) is 4.50. The van der Waals surface area contributed by atoms with Gasteiger partial charge in [0.2, 0.25) is 0 Å². The third-order valence-corrected chi connectivity index (χ3v) is 2.33. The first-order valence-electron chi connectivity index (χ1n) is 3.35. The molecule has 0 saturated heterocycles. The van der Waals surface area contributed by atoms with Crippen LogP contribution in [0.1, 0.15) is 6.92 Å². The van der Waals surface area contributed by atoms with Crippen LogP contribution in [0.3, 0.4) is 0 Å². The molecule has 1 unspecified atom stereocenters. The van der Waals surface area contributed by atoms with Crippen LogP contribution in [0.5, 0.6) is 0 Å². The SMILES string of the molecule is CC=[C-]S(=O)c1ccccc1.[Li+]. The maximum atomic E-state index is 11.2. The zero-order valence-corrected chi connectivity index (χ0v) is 8.10. The van der Waals surface area contributed by atoms with E-state index in [4.69, 9.17) is 0 Å². The van der Waals surface area contributed by atoms with E-state index >= 15 is 0 Å². The predicted octanol–water partition coefficient (Wildman–Crippen LogP) is -0.865. The summed E-state index contributed by atoms with van der Waals surface area (Å²) in [7, 11) is -1.09. The van der Waals surface area contributed by atoms with Crippen LogP contribution in [0.25, 0.3) is 0 Å². The molecule has 1 atom stereocenters. The Morgan fingerprint density at radius 1 is 1.33 bits per heavy atom. The van der Waals surface area contributed by atoms with Crippen LogP contribution in [0.4, 0.5) is 0 Å². The van der Waals surface area contributed by atoms with E-state index in [1.54, 1.807) is 13.0 Å². The van der Waals surface area contributed by atoms with Crippen molar-refractivity contribution in [2.24, 2.45) is 0 Å². The molecule has 1 aromatic rings. The van der Waals surface area contributed by atoms with Crippen LogP contribution in [-0.2, 0) is 10.8 Å². The summed E-state index contributed by atoms with van der Waals surface area (Å²) >= 11 is 0. The number of hydrogen-bond donors (Lipinski definition) is 0. The molecule has 0 aliphatic heterocycles. The number of rotatable bonds is 2. The molecule has 0 aromatic heterocycles. The topological polar surface area (TPSA) is 17.1 Å². The van der Waals surface area contributed by atoms with Crippen LogP contribution in [0.2, 0.25) is 0 Å². The second-order valence-electron chi connectivity index (χ2n) is 1.99. The molecule has 1 aromatic carbocycles. The molecule has 0 saturated carbocycles. The average molecular weight is 172 g/mol. The Bertz CT molecular complexity index is 269. The van der Waals surface area contributed by atoms with Crippen molar-refractivity contribution in [3.05, 3.63) is 41.8 Å². The summed E-state index contributed by atoms with van der Waals surface area (Å²) in [6, 6.07) is 9.28. The Kier molecular flexibility index (Phi) is 6.10. The molecule has 0 radical (unpaired) electrons. The van der Waals surface area contributed by atoms with Crippen molar-refractivity contribution in [1.82, 2.24) is 0 Å². The van der Waals surface area contributed by atoms with E-state index in [9.17, 15) is 4.21 Å². The van der Waals surface area contributed by atoms with Gasteiger partial charge in [0.1, 0.15) is 0 Å². The summed E-state index contributed by atoms with van der Waals surface area (Å²) in [5.74, 6) is 0. The number of hydrogen-bond acceptors (Lipinski definition) is 1. The van der Waals surface area contributed by atoms with Crippen LogP contribution >= 0.6 is 0 Å². The molecule has 0 aliphatic carbocycles. The van der Waals surface area contributed by atoms with Gasteiger partial charge in [0, 0.05) is 4.90 Å². The van der Waals surface area contributed by atoms with E-state index in [1.165, 1.54) is 0 Å². The molecule has 0 spiro atoms. The quantitative estimate of drug-likeness (QED) is 0.419. The van der Waals surface area contributed by atoms with Crippen LogP contribution in [0, 0.1) is 5.41 Å². The van der Waals surface area contributed by atoms with Gasteiger partial charge in [0.05, 0.1) is 0 Å². The van der Waals surface area contributed by atoms with Gasteiger partial charge in [-0.2, -0.15) is 0 Å². The molecule has 12 heavy (non-hydrogen) atoms. The van der Waals surface area contributed by atoms with Crippen molar-refractivity contribution in [1.29, 1.82) is 0 Å². The maximum Gasteiger partial charge on any atom is 1.00 e. The third kappa shape index (κ3) is 3.40. The van der Waals surface area contributed by atoms with Gasteiger partial charge in [-0.1, -0.05) is 25.1 Å². The fraction of sp³-hybridized carbons (Fsp3) is 0.111. The molecule has 0 N–H and O–H groups in total. The predicted molar refractivity (Wildman–Crippen MR) is 46.3 cm³/mol. The van der Waals surface area contributed by atoms with Crippen molar-refractivity contribution < 1.29 is 23.1 Å². The second kappa shape index (κ2) is 6.25. The molecular weight excluding hydrogens is 163 g/mol. The van der Waals surface area contributed by atoms with Crippen molar-refractivity contribution in [2.45, 2.75) is 11.8 Å². The summed E-state index contributed by atoms with van der Waals surface area (Å²) in [6.07, 6.45) is 1.67. The fourth-order valence-corrected chi connectivity index (χ4v) is 1.47. The Morgan fingerprint density at radius 3 is 2.42 bits per heavy atom. The van der Waals surface area contributed by atoms with E-state index in [-0.39, 0.29) is 18.9 Å². The smallest absolute Gasteiger partial charge is 0.396 e. The van der Waals surface area contributed by atoms with Gasteiger partial charge in [-0.15, -0.1) is 10.8 Å². The van der Waals surface area contributed by atoms with Crippen molar-refractivity contribution >= 4 is 10.8 Å². The van der Waals surface area contributed by atoms with Crippen molar-refractivity contribution in [2.75, 3.05) is 0 Å². The number of allylic oxidation sites excluding steroid dienone is 1. The number of benzene rings is 1. The molecule has 58 valence electrons. The van der Waals surface area contributed by atoms with Gasteiger partial charge >= 0.3 is 18.9 Å². The molecular formula is C9H9LiOS. The van der Waals surface area contributed by atoms with E-state index in [0.29, 0.717) is 0 Å². The molecule has 1 nitrogen and oxygen atoms in total. The van der Waals surface area contributed by atoms with Gasteiger partial charge in [-0.3, -0.25) is 10.3 Å². The monoisotopic (exact) mass is 172 g/mol.